The summed E-state index contributed by atoms with van der Waals surface area (Å²) >= 11 is 1.59. The average Bonchev–Trinajstić information content (AvgIpc) is 3.31. The van der Waals surface area contributed by atoms with Crippen LogP contribution in [0.15, 0.2) is 39.6 Å². The highest BCUT2D eigenvalue weighted by Gasteiger charge is 2.56. The molecule has 2 aromatic heterocycles. The number of hydrogen-bond acceptors (Lipinski definition) is 4. The highest BCUT2D eigenvalue weighted by molar-refractivity contribution is 7.08. The number of amides is 2. The average molecular weight is 330 g/mol. The number of furan rings is 1. The number of likely N-dealkylation sites (tertiary alicyclic amines) is 1. The summed E-state index contributed by atoms with van der Waals surface area (Å²) < 4.78 is 5.22. The minimum Gasteiger partial charge on any atom is -0.459 e. The number of nitrogens with zero attached hydrogens (tertiary/aromatic N) is 2. The van der Waals surface area contributed by atoms with Gasteiger partial charge in [0.05, 0.1) is 17.4 Å². The largest absolute Gasteiger partial charge is 0.459 e. The van der Waals surface area contributed by atoms with Crippen LogP contribution in [0.5, 0.6) is 0 Å². The van der Waals surface area contributed by atoms with Gasteiger partial charge < -0.3 is 14.2 Å². The third-order valence-electron chi connectivity index (χ3n) is 5.20. The lowest BCUT2D eigenvalue weighted by Crippen LogP contribution is -2.40. The second-order valence-corrected chi connectivity index (χ2v) is 7.19. The molecule has 2 aliphatic heterocycles. The minimum atomic E-state index is -0.454. The van der Waals surface area contributed by atoms with Gasteiger partial charge in [-0.2, -0.15) is 11.3 Å². The SMILES string of the molecule is C[C@@H]1CN(C(=O)c2ccco2)C[C@]12CCN(c1ccsc1)C2=O. The molecule has 23 heavy (non-hydrogen) atoms. The van der Waals surface area contributed by atoms with Crippen molar-refractivity contribution in [2.24, 2.45) is 11.3 Å². The Morgan fingerprint density at radius 1 is 1.43 bits per heavy atom. The monoisotopic (exact) mass is 330 g/mol. The molecule has 0 aliphatic carbocycles. The first-order chi connectivity index (χ1) is 11.1. The normalized spacial score (nSPS) is 27.3. The fourth-order valence-corrected chi connectivity index (χ4v) is 4.47. The Labute approximate surface area is 138 Å². The van der Waals surface area contributed by atoms with E-state index in [-0.39, 0.29) is 17.7 Å². The van der Waals surface area contributed by atoms with Gasteiger partial charge in [0, 0.05) is 25.0 Å². The van der Waals surface area contributed by atoms with Crippen LogP contribution >= 0.6 is 11.3 Å². The first-order valence-corrected chi connectivity index (χ1v) is 8.73. The Morgan fingerprint density at radius 3 is 3.00 bits per heavy atom. The number of carbonyl (C=O) groups excluding carboxylic acids is 2. The fourth-order valence-electron chi connectivity index (χ4n) is 3.83. The highest BCUT2D eigenvalue weighted by atomic mass is 32.1. The predicted molar refractivity (Wildman–Crippen MR) is 87.5 cm³/mol. The van der Waals surface area contributed by atoms with Crippen molar-refractivity contribution in [2.75, 3.05) is 24.5 Å². The Morgan fingerprint density at radius 2 is 2.30 bits per heavy atom. The molecule has 2 atom stereocenters. The number of anilines is 1. The van der Waals surface area contributed by atoms with Gasteiger partial charge in [-0.25, -0.2) is 0 Å². The lowest BCUT2D eigenvalue weighted by molar-refractivity contribution is -0.126. The third kappa shape index (κ3) is 2.12. The second kappa shape index (κ2) is 5.23. The standard InChI is InChI=1S/C17H18N2O3S/c1-12-9-18(15(20)14-3-2-7-22-14)11-17(12)5-6-19(16(17)21)13-4-8-23-10-13/h2-4,7-8,10,12H,5-6,9,11H2,1H3/t12-,17-/m1/s1. The van der Waals surface area contributed by atoms with Crippen LogP contribution in [0.2, 0.25) is 0 Å². The first-order valence-electron chi connectivity index (χ1n) is 7.79. The zero-order valence-corrected chi connectivity index (χ0v) is 13.7. The maximum absolute atomic E-state index is 13.1. The molecular formula is C17H18N2O3S. The molecule has 0 unspecified atom stereocenters. The number of rotatable bonds is 2. The molecule has 2 aliphatic rings. The Bertz CT molecular complexity index is 725. The summed E-state index contributed by atoms with van der Waals surface area (Å²) in [5, 5.41) is 3.99. The van der Waals surface area contributed by atoms with Crippen LogP contribution < -0.4 is 4.90 Å². The van der Waals surface area contributed by atoms with Gasteiger partial charge >= 0.3 is 0 Å². The van der Waals surface area contributed by atoms with Crippen LogP contribution in [0.1, 0.15) is 23.9 Å². The van der Waals surface area contributed by atoms with Crippen molar-refractivity contribution in [1.82, 2.24) is 4.90 Å². The summed E-state index contributed by atoms with van der Waals surface area (Å²) in [6, 6.07) is 5.36. The van der Waals surface area contributed by atoms with Gasteiger partial charge in [-0.1, -0.05) is 6.92 Å². The van der Waals surface area contributed by atoms with E-state index in [1.807, 2.05) is 21.7 Å². The van der Waals surface area contributed by atoms with Crippen molar-refractivity contribution >= 4 is 28.8 Å². The molecule has 0 saturated carbocycles. The van der Waals surface area contributed by atoms with Gasteiger partial charge in [0.1, 0.15) is 0 Å². The van der Waals surface area contributed by atoms with Crippen molar-refractivity contribution in [3.63, 3.8) is 0 Å². The molecular weight excluding hydrogens is 312 g/mol. The first kappa shape index (κ1) is 14.5. The molecule has 5 nitrogen and oxygen atoms in total. The second-order valence-electron chi connectivity index (χ2n) is 6.41. The van der Waals surface area contributed by atoms with E-state index in [2.05, 4.69) is 6.92 Å². The van der Waals surface area contributed by atoms with Gasteiger partial charge in [0.15, 0.2) is 5.76 Å². The van der Waals surface area contributed by atoms with E-state index in [0.29, 0.717) is 18.8 Å². The lowest BCUT2D eigenvalue weighted by atomic mass is 9.78. The lowest BCUT2D eigenvalue weighted by Gasteiger charge is -2.26. The topological polar surface area (TPSA) is 53.8 Å². The summed E-state index contributed by atoms with van der Waals surface area (Å²) in [6.07, 6.45) is 2.30. The minimum absolute atomic E-state index is 0.125. The molecule has 2 amide bonds. The zero-order chi connectivity index (χ0) is 16.0. The Balaban J connectivity index is 1.58. The molecule has 2 aromatic rings. The maximum Gasteiger partial charge on any atom is 0.289 e. The third-order valence-corrected chi connectivity index (χ3v) is 5.87. The Hall–Kier alpha value is -2.08. The van der Waals surface area contributed by atoms with Crippen molar-refractivity contribution in [1.29, 1.82) is 0 Å². The van der Waals surface area contributed by atoms with E-state index in [1.165, 1.54) is 6.26 Å². The summed E-state index contributed by atoms with van der Waals surface area (Å²) in [5.74, 6) is 0.519. The van der Waals surface area contributed by atoms with Crippen molar-refractivity contribution in [3.8, 4) is 0 Å². The van der Waals surface area contributed by atoms with Gasteiger partial charge in [-0.05, 0) is 35.9 Å². The van der Waals surface area contributed by atoms with Crippen LogP contribution in [-0.4, -0.2) is 36.3 Å². The van der Waals surface area contributed by atoms with Crippen molar-refractivity contribution in [3.05, 3.63) is 41.0 Å². The van der Waals surface area contributed by atoms with Gasteiger partial charge in [-0.15, -0.1) is 0 Å². The smallest absolute Gasteiger partial charge is 0.289 e. The molecule has 0 radical (unpaired) electrons. The van der Waals surface area contributed by atoms with Gasteiger partial charge in [-0.3, -0.25) is 9.59 Å². The fraction of sp³-hybridized carbons (Fsp3) is 0.412. The summed E-state index contributed by atoms with van der Waals surface area (Å²) in [4.78, 5) is 29.2. The predicted octanol–water partition coefficient (Wildman–Crippen LogP) is 2.86. The van der Waals surface area contributed by atoms with E-state index in [0.717, 1.165) is 18.7 Å². The summed E-state index contributed by atoms with van der Waals surface area (Å²) in [5.41, 5.74) is 0.518. The molecule has 2 fully saturated rings. The summed E-state index contributed by atoms with van der Waals surface area (Å²) in [7, 11) is 0. The van der Waals surface area contributed by atoms with E-state index in [9.17, 15) is 9.59 Å². The molecule has 4 heterocycles. The maximum atomic E-state index is 13.1. The molecule has 1 spiro atoms. The number of hydrogen-bond donors (Lipinski definition) is 0. The van der Waals surface area contributed by atoms with Crippen molar-refractivity contribution < 1.29 is 14.0 Å². The van der Waals surface area contributed by atoms with Gasteiger partial charge in [0.2, 0.25) is 5.91 Å². The quantitative estimate of drug-likeness (QED) is 0.851. The van der Waals surface area contributed by atoms with E-state index in [4.69, 9.17) is 4.42 Å². The molecule has 4 rings (SSSR count). The zero-order valence-electron chi connectivity index (χ0n) is 12.9. The van der Waals surface area contributed by atoms with E-state index < -0.39 is 5.41 Å². The number of carbonyl (C=O) groups is 2. The van der Waals surface area contributed by atoms with Crippen LogP contribution in [0.4, 0.5) is 5.69 Å². The molecule has 0 aromatic carbocycles. The summed E-state index contributed by atoms with van der Waals surface area (Å²) in [6.45, 7) is 3.88. The highest BCUT2D eigenvalue weighted by Crippen LogP contribution is 2.46. The van der Waals surface area contributed by atoms with E-state index >= 15 is 0 Å². The van der Waals surface area contributed by atoms with Crippen LogP contribution in [0, 0.1) is 11.3 Å². The molecule has 0 N–H and O–H groups in total. The van der Waals surface area contributed by atoms with Crippen LogP contribution in [0.3, 0.4) is 0 Å². The van der Waals surface area contributed by atoms with Crippen LogP contribution in [0.25, 0.3) is 0 Å². The van der Waals surface area contributed by atoms with Gasteiger partial charge in [0.25, 0.3) is 5.91 Å². The molecule has 0 bridgehead atoms. The van der Waals surface area contributed by atoms with Crippen LogP contribution in [-0.2, 0) is 4.79 Å². The molecule has 6 heteroatoms. The molecule has 120 valence electrons. The molecule has 2 saturated heterocycles. The van der Waals surface area contributed by atoms with E-state index in [1.54, 1.807) is 28.4 Å². The number of thiophene rings is 1. The Kier molecular flexibility index (Phi) is 3.30. The van der Waals surface area contributed by atoms with Crippen molar-refractivity contribution in [2.45, 2.75) is 13.3 Å².